The number of hydrogen-bond donors (Lipinski definition) is 1. The van der Waals surface area contributed by atoms with E-state index in [-0.39, 0.29) is 0 Å². The van der Waals surface area contributed by atoms with E-state index in [9.17, 15) is 13.5 Å². The quantitative estimate of drug-likeness (QED) is 0.856. The van der Waals surface area contributed by atoms with Crippen LogP contribution in [0.2, 0.25) is 0 Å². The predicted molar refractivity (Wildman–Crippen MR) is 94.7 cm³/mol. The summed E-state index contributed by atoms with van der Waals surface area (Å²) in [6, 6.07) is 7.17. The molecule has 3 rings (SSSR count). The van der Waals surface area contributed by atoms with Crippen molar-refractivity contribution in [2.75, 3.05) is 23.7 Å². The number of anilines is 1. The number of aliphatic hydroxyl groups excluding tert-OH is 1. The van der Waals surface area contributed by atoms with Crippen molar-refractivity contribution in [1.82, 2.24) is 0 Å². The lowest BCUT2D eigenvalue weighted by Gasteiger charge is -2.23. The topological polar surface area (TPSA) is 70.0 Å². The van der Waals surface area contributed by atoms with Crippen LogP contribution in [0, 0.1) is 0 Å². The van der Waals surface area contributed by atoms with Crippen molar-refractivity contribution in [3.63, 3.8) is 0 Å². The van der Waals surface area contributed by atoms with Crippen molar-refractivity contribution in [1.29, 1.82) is 0 Å². The summed E-state index contributed by atoms with van der Waals surface area (Å²) >= 11 is 0. The zero-order valence-electron chi connectivity index (χ0n) is 13.7. The van der Waals surface area contributed by atoms with Gasteiger partial charge in [0.25, 0.3) is 0 Å². The number of hydrogen-bond acceptors (Lipinski definition) is 4. The van der Waals surface area contributed by atoms with Gasteiger partial charge in [0, 0.05) is 13.1 Å². The Kier molecular flexibility index (Phi) is 6.59. The van der Waals surface area contributed by atoms with Gasteiger partial charge >= 0.3 is 0 Å². The van der Waals surface area contributed by atoms with Crippen molar-refractivity contribution < 1.29 is 13.5 Å². The van der Waals surface area contributed by atoms with Crippen molar-refractivity contribution >= 4 is 21.9 Å². The lowest BCUT2D eigenvalue weighted by atomic mass is 10.0. The summed E-state index contributed by atoms with van der Waals surface area (Å²) in [6.07, 6.45) is 7.87. The third-order valence-electron chi connectivity index (χ3n) is 4.06. The van der Waals surface area contributed by atoms with Crippen molar-refractivity contribution in [2.24, 2.45) is 4.99 Å². The van der Waals surface area contributed by atoms with E-state index in [1.807, 2.05) is 6.21 Å². The van der Waals surface area contributed by atoms with E-state index < -0.39 is 16.1 Å². The summed E-state index contributed by atoms with van der Waals surface area (Å²) in [5.41, 5.74) is 1.47. The number of aliphatic hydroxyl groups is 1. The maximum atomic E-state index is 12.0. The molecule has 1 atom stereocenters. The van der Waals surface area contributed by atoms with Crippen LogP contribution in [0.1, 0.15) is 50.2 Å². The van der Waals surface area contributed by atoms with Crippen molar-refractivity contribution in [2.45, 2.75) is 44.6 Å². The summed E-state index contributed by atoms with van der Waals surface area (Å²) in [5.74, 6) is 0. The van der Waals surface area contributed by atoms with Crippen LogP contribution in [-0.2, 0) is 10.0 Å². The Bertz CT molecular complexity index is 611. The molecule has 0 spiro atoms. The number of fused-ring (bicyclic) bond motifs is 12. The highest BCUT2D eigenvalue weighted by Gasteiger charge is 2.17. The summed E-state index contributed by atoms with van der Waals surface area (Å²) in [7, 11) is -3.30. The lowest BCUT2D eigenvalue weighted by molar-refractivity contribution is 0.170. The zero-order valence-corrected chi connectivity index (χ0v) is 14.5. The van der Waals surface area contributed by atoms with Gasteiger partial charge in [-0.2, -0.15) is 0 Å². The first-order valence-electron chi connectivity index (χ1n) is 8.22. The average molecular weight is 338 g/mol. The van der Waals surface area contributed by atoms with Gasteiger partial charge in [-0.15, -0.1) is 0 Å². The van der Waals surface area contributed by atoms with E-state index in [2.05, 4.69) is 4.99 Å². The molecule has 1 unspecified atom stereocenters. The second-order valence-electron chi connectivity index (χ2n) is 6.02. The molecule has 128 valence electrons. The lowest BCUT2D eigenvalue weighted by Crippen LogP contribution is -2.30. The molecule has 0 aliphatic carbocycles. The second-order valence-corrected chi connectivity index (χ2v) is 7.93. The Morgan fingerprint density at radius 2 is 1.83 bits per heavy atom. The van der Waals surface area contributed by atoms with Crippen LogP contribution < -0.4 is 4.31 Å². The van der Waals surface area contributed by atoms with Gasteiger partial charge in [0.1, 0.15) is 0 Å². The Morgan fingerprint density at radius 3 is 2.52 bits per heavy atom. The van der Waals surface area contributed by atoms with E-state index in [0.717, 1.165) is 44.2 Å². The molecule has 0 aromatic heterocycles. The molecule has 6 heteroatoms. The normalized spacial score (nSPS) is 21.5. The highest BCUT2D eigenvalue weighted by atomic mass is 32.2. The number of benzene rings is 1. The van der Waals surface area contributed by atoms with Gasteiger partial charge in [0.05, 0.1) is 18.0 Å². The molecule has 2 bridgehead atoms. The molecule has 2 heterocycles. The third-order valence-corrected chi connectivity index (χ3v) is 5.26. The van der Waals surface area contributed by atoms with E-state index >= 15 is 0 Å². The summed E-state index contributed by atoms with van der Waals surface area (Å²) in [4.78, 5) is 4.36. The van der Waals surface area contributed by atoms with Gasteiger partial charge in [0.15, 0.2) is 0 Å². The van der Waals surface area contributed by atoms with Crippen LogP contribution >= 0.6 is 0 Å². The van der Waals surface area contributed by atoms with Crippen LogP contribution in [0.4, 0.5) is 5.69 Å². The van der Waals surface area contributed by atoms with Crippen LogP contribution in [-0.4, -0.2) is 39.1 Å². The smallest absolute Gasteiger partial charge is 0.232 e. The second kappa shape index (κ2) is 8.45. The predicted octanol–water partition coefficient (Wildman–Crippen LogP) is 2.91. The molecule has 0 saturated carbocycles. The molecule has 0 fully saturated rings. The highest BCUT2D eigenvalue weighted by molar-refractivity contribution is 7.92. The standard InChI is InChI=1S/C17H26N2O3S/c1-23(21,22)19-14-5-3-2-4-12-18-13-6-7-17(20)15-8-10-16(19)11-9-15/h8-11,13,17,20H,2-7,12,14H2,1H3. The Labute approximate surface area is 139 Å². The fraction of sp³-hybridized carbons (Fsp3) is 0.588. The van der Waals surface area contributed by atoms with E-state index in [1.165, 1.54) is 10.6 Å². The molecule has 1 aromatic carbocycles. The first kappa shape index (κ1) is 17.9. The molecule has 1 N–H and O–H groups in total. The molecule has 2 aliphatic rings. The largest absolute Gasteiger partial charge is 0.388 e. The molecule has 2 aliphatic heterocycles. The summed E-state index contributed by atoms with van der Waals surface area (Å²) < 4.78 is 25.5. The average Bonchev–Trinajstić information content (AvgIpc) is 2.50. The molecule has 23 heavy (non-hydrogen) atoms. The first-order chi connectivity index (χ1) is 11.0. The molecule has 5 nitrogen and oxygen atoms in total. The summed E-state index contributed by atoms with van der Waals surface area (Å²) in [6.45, 7) is 1.30. The first-order valence-corrected chi connectivity index (χ1v) is 10.1. The van der Waals surface area contributed by atoms with Crippen molar-refractivity contribution in [3.8, 4) is 0 Å². The van der Waals surface area contributed by atoms with Gasteiger partial charge < -0.3 is 5.11 Å². The van der Waals surface area contributed by atoms with Crippen LogP contribution in [0.3, 0.4) is 0 Å². The van der Waals surface area contributed by atoms with Gasteiger partial charge in [-0.25, -0.2) is 8.42 Å². The highest BCUT2D eigenvalue weighted by Crippen LogP contribution is 2.24. The molecule has 0 radical (unpaired) electrons. The minimum absolute atomic E-state index is 0.490. The fourth-order valence-corrected chi connectivity index (χ4v) is 3.71. The zero-order chi connectivity index (χ0) is 16.7. The Morgan fingerprint density at radius 1 is 1.13 bits per heavy atom. The minimum atomic E-state index is -3.30. The maximum Gasteiger partial charge on any atom is 0.232 e. The van der Waals surface area contributed by atoms with Crippen LogP contribution in [0.15, 0.2) is 29.3 Å². The monoisotopic (exact) mass is 338 g/mol. The number of aliphatic imine (C=N–C) groups is 1. The van der Waals surface area contributed by atoms with Gasteiger partial charge in [0.2, 0.25) is 10.0 Å². The SMILES string of the molecule is CS(=O)(=O)N1CCCCCCN=CCCC(O)c2ccc1cc2. The van der Waals surface area contributed by atoms with Crippen LogP contribution in [0.5, 0.6) is 0 Å². The number of rotatable bonds is 1. The van der Waals surface area contributed by atoms with Gasteiger partial charge in [-0.1, -0.05) is 25.0 Å². The van der Waals surface area contributed by atoms with Gasteiger partial charge in [-0.3, -0.25) is 9.30 Å². The molecular weight excluding hydrogens is 312 g/mol. The van der Waals surface area contributed by atoms with Crippen molar-refractivity contribution in [3.05, 3.63) is 29.8 Å². The minimum Gasteiger partial charge on any atom is -0.388 e. The molecule has 0 saturated heterocycles. The molecule has 1 aromatic rings. The molecule has 0 amide bonds. The number of nitrogens with zero attached hydrogens (tertiary/aromatic N) is 2. The van der Waals surface area contributed by atoms with Crippen LogP contribution in [0.25, 0.3) is 0 Å². The van der Waals surface area contributed by atoms with E-state index in [0.29, 0.717) is 18.7 Å². The Hall–Kier alpha value is -1.40. The molecular formula is C17H26N2O3S. The fourth-order valence-electron chi connectivity index (χ4n) is 2.74. The Balaban J connectivity index is 2.21. The third kappa shape index (κ3) is 5.62. The van der Waals surface area contributed by atoms with E-state index in [1.54, 1.807) is 24.3 Å². The maximum absolute atomic E-state index is 12.0. The summed E-state index contributed by atoms with van der Waals surface area (Å²) in [5, 5.41) is 10.2. The number of sulfonamides is 1. The van der Waals surface area contributed by atoms with Gasteiger partial charge in [-0.05, 0) is 49.6 Å². The van der Waals surface area contributed by atoms with E-state index in [4.69, 9.17) is 0 Å².